The van der Waals surface area contributed by atoms with Gasteiger partial charge in [0.05, 0.1) is 11.8 Å². The summed E-state index contributed by atoms with van der Waals surface area (Å²) in [6.45, 7) is 5.55. The van der Waals surface area contributed by atoms with Crippen molar-refractivity contribution in [2.75, 3.05) is 5.75 Å². The third-order valence-corrected chi connectivity index (χ3v) is 4.32. The van der Waals surface area contributed by atoms with Crippen LogP contribution in [0.15, 0.2) is 5.16 Å². The molecule has 0 aromatic heterocycles. The number of nitrogens with two attached hydrogens (primary N) is 1. The summed E-state index contributed by atoms with van der Waals surface area (Å²) in [6.07, 6.45) is 1.80. The van der Waals surface area contributed by atoms with Gasteiger partial charge in [0.25, 0.3) is 0 Å². The molecule has 1 aliphatic rings. The molecule has 6 nitrogen and oxygen atoms in total. The lowest BCUT2D eigenvalue weighted by molar-refractivity contribution is 0.314. The van der Waals surface area contributed by atoms with Gasteiger partial charge in [0.1, 0.15) is 0 Å². The summed E-state index contributed by atoms with van der Waals surface area (Å²) in [4.78, 5) is 0. The predicted molar refractivity (Wildman–Crippen MR) is 66.3 cm³/mol. The molecule has 1 rings (SSSR count). The van der Waals surface area contributed by atoms with Gasteiger partial charge in [-0.15, -0.1) is 0 Å². The summed E-state index contributed by atoms with van der Waals surface area (Å²) < 4.78 is 26.3. The van der Waals surface area contributed by atoms with E-state index in [1.807, 2.05) is 20.8 Å². The first kappa shape index (κ1) is 14.2. The van der Waals surface area contributed by atoms with Crippen LogP contribution in [0.4, 0.5) is 0 Å². The van der Waals surface area contributed by atoms with E-state index in [0.29, 0.717) is 0 Å². The molecule has 4 N–H and O–H groups in total. The topological polar surface area (TPSA) is 105 Å². The van der Waals surface area contributed by atoms with Crippen molar-refractivity contribution in [2.24, 2.45) is 22.2 Å². The second-order valence-electron chi connectivity index (χ2n) is 5.78. The maximum Gasteiger partial charge on any atom is 0.212 e. The smallest absolute Gasteiger partial charge is 0.212 e. The Bertz CT molecular complexity index is 394. The van der Waals surface area contributed by atoms with Crippen LogP contribution in [0.25, 0.3) is 0 Å². The molecule has 1 fully saturated rings. The highest BCUT2D eigenvalue weighted by molar-refractivity contribution is 7.89. The van der Waals surface area contributed by atoms with Gasteiger partial charge in [-0.2, -0.15) is 0 Å². The van der Waals surface area contributed by atoms with E-state index in [9.17, 15) is 8.42 Å². The second-order valence-corrected chi connectivity index (χ2v) is 7.53. The van der Waals surface area contributed by atoms with Crippen molar-refractivity contribution >= 4 is 15.9 Å². The highest BCUT2D eigenvalue weighted by atomic mass is 32.2. The van der Waals surface area contributed by atoms with Gasteiger partial charge >= 0.3 is 0 Å². The van der Waals surface area contributed by atoms with Crippen LogP contribution in [0.3, 0.4) is 0 Å². The molecule has 0 spiro atoms. The minimum atomic E-state index is -3.42. The van der Waals surface area contributed by atoms with Crippen LogP contribution in [-0.4, -0.2) is 31.3 Å². The third-order valence-electron chi connectivity index (χ3n) is 2.46. The molecule has 1 atom stereocenters. The van der Waals surface area contributed by atoms with E-state index in [1.165, 1.54) is 0 Å². The molecule has 100 valence electrons. The number of nitrogens with zero attached hydrogens (tertiary/aromatic N) is 1. The molecule has 1 aliphatic carbocycles. The Balaban J connectivity index is 2.73. The summed E-state index contributed by atoms with van der Waals surface area (Å²) >= 11 is 0. The molecular formula is C10H21N3O3S. The summed E-state index contributed by atoms with van der Waals surface area (Å²) in [5, 5.41) is 11.5. The molecule has 0 heterocycles. The molecule has 1 saturated carbocycles. The normalized spacial score (nSPS) is 20.3. The lowest BCUT2D eigenvalue weighted by Crippen LogP contribution is -2.48. The molecule has 0 aromatic rings. The first-order valence-electron chi connectivity index (χ1n) is 5.62. The zero-order chi connectivity index (χ0) is 13.3. The van der Waals surface area contributed by atoms with Crippen molar-refractivity contribution in [1.29, 1.82) is 0 Å². The molecular weight excluding hydrogens is 242 g/mol. The van der Waals surface area contributed by atoms with Gasteiger partial charge in [0.2, 0.25) is 10.0 Å². The first-order chi connectivity index (χ1) is 7.64. The molecule has 0 saturated heterocycles. The van der Waals surface area contributed by atoms with Crippen LogP contribution in [0, 0.1) is 11.3 Å². The van der Waals surface area contributed by atoms with Crippen LogP contribution >= 0.6 is 0 Å². The average molecular weight is 263 g/mol. The fourth-order valence-electron chi connectivity index (χ4n) is 1.70. The Morgan fingerprint density at radius 3 is 2.41 bits per heavy atom. The fraction of sp³-hybridized carbons (Fsp3) is 0.900. The minimum Gasteiger partial charge on any atom is -0.409 e. The molecule has 0 aromatic carbocycles. The van der Waals surface area contributed by atoms with Gasteiger partial charge in [-0.05, 0) is 24.2 Å². The predicted octanol–water partition coefficient (Wildman–Crippen LogP) is 0.477. The van der Waals surface area contributed by atoms with Gasteiger partial charge < -0.3 is 10.9 Å². The molecule has 7 heteroatoms. The van der Waals surface area contributed by atoms with E-state index < -0.39 is 16.1 Å². The number of amidine groups is 1. The summed E-state index contributed by atoms with van der Waals surface area (Å²) in [7, 11) is -3.42. The van der Waals surface area contributed by atoms with Gasteiger partial charge in [-0.25, -0.2) is 13.1 Å². The van der Waals surface area contributed by atoms with E-state index in [-0.39, 0.29) is 22.9 Å². The second kappa shape index (κ2) is 4.81. The van der Waals surface area contributed by atoms with Crippen molar-refractivity contribution < 1.29 is 13.6 Å². The number of hydrogen-bond donors (Lipinski definition) is 3. The zero-order valence-corrected chi connectivity index (χ0v) is 11.3. The van der Waals surface area contributed by atoms with Gasteiger partial charge in [0.15, 0.2) is 5.84 Å². The summed E-state index contributed by atoms with van der Waals surface area (Å²) in [5.41, 5.74) is 5.17. The van der Waals surface area contributed by atoms with E-state index in [1.54, 1.807) is 0 Å². The maximum atomic E-state index is 11.9. The largest absolute Gasteiger partial charge is 0.409 e. The first-order valence-corrected chi connectivity index (χ1v) is 7.27. The maximum absolute atomic E-state index is 11.9. The highest BCUT2D eigenvalue weighted by Crippen LogP contribution is 2.33. The van der Waals surface area contributed by atoms with Crippen molar-refractivity contribution in [2.45, 2.75) is 39.7 Å². The van der Waals surface area contributed by atoms with Gasteiger partial charge in [-0.1, -0.05) is 25.9 Å². The Morgan fingerprint density at radius 1 is 1.53 bits per heavy atom. The number of hydrogen-bond acceptors (Lipinski definition) is 4. The fourth-order valence-corrected chi connectivity index (χ4v) is 3.62. The quantitative estimate of drug-likeness (QED) is 0.290. The number of oxime groups is 1. The Morgan fingerprint density at radius 2 is 2.06 bits per heavy atom. The van der Waals surface area contributed by atoms with Crippen molar-refractivity contribution in [1.82, 2.24) is 4.72 Å². The minimum absolute atomic E-state index is 0.0158. The summed E-state index contributed by atoms with van der Waals surface area (Å²) in [6, 6.07) is -0.577. The van der Waals surface area contributed by atoms with Crippen molar-refractivity contribution in [3.05, 3.63) is 0 Å². The number of sulfonamides is 1. The van der Waals surface area contributed by atoms with Crippen LogP contribution in [0.2, 0.25) is 0 Å². The van der Waals surface area contributed by atoms with E-state index in [2.05, 4.69) is 9.88 Å². The Hall–Kier alpha value is -0.820. The average Bonchev–Trinajstić information content (AvgIpc) is 2.92. The molecule has 0 radical (unpaired) electrons. The molecule has 0 bridgehead atoms. The lowest BCUT2D eigenvalue weighted by Gasteiger charge is -2.22. The van der Waals surface area contributed by atoms with E-state index in [0.717, 1.165) is 12.8 Å². The molecule has 0 amide bonds. The lowest BCUT2D eigenvalue weighted by atomic mass is 10.0. The highest BCUT2D eigenvalue weighted by Gasteiger charge is 2.37. The van der Waals surface area contributed by atoms with E-state index >= 15 is 0 Å². The van der Waals surface area contributed by atoms with E-state index in [4.69, 9.17) is 10.9 Å². The monoisotopic (exact) mass is 263 g/mol. The van der Waals surface area contributed by atoms with Gasteiger partial charge in [-0.3, -0.25) is 0 Å². The van der Waals surface area contributed by atoms with Crippen LogP contribution in [0.1, 0.15) is 33.6 Å². The SMILES string of the molecule is CC(C)(C)CS(=O)(=O)NC(C(N)=NO)C1CC1. The third kappa shape index (κ3) is 4.91. The van der Waals surface area contributed by atoms with Crippen molar-refractivity contribution in [3.8, 4) is 0 Å². The van der Waals surface area contributed by atoms with Crippen LogP contribution < -0.4 is 10.5 Å². The molecule has 1 unspecified atom stereocenters. The standard InChI is InChI=1S/C10H21N3O3S/c1-10(2,3)6-17(15,16)13-8(7-4-5-7)9(11)12-14/h7-8,13-14H,4-6H2,1-3H3,(H2,11,12). The Kier molecular flexibility index (Phi) is 4.03. The summed E-state index contributed by atoms with van der Waals surface area (Å²) in [5.74, 6) is 0.104. The number of nitrogens with one attached hydrogen (secondary N) is 1. The molecule has 17 heavy (non-hydrogen) atoms. The van der Waals surface area contributed by atoms with Crippen molar-refractivity contribution in [3.63, 3.8) is 0 Å². The number of rotatable bonds is 5. The molecule has 0 aliphatic heterocycles. The van der Waals surface area contributed by atoms with Gasteiger partial charge in [0, 0.05) is 0 Å². The Labute approximate surface area is 102 Å². The van der Waals surface area contributed by atoms with Crippen LogP contribution in [-0.2, 0) is 10.0 Å². The zero-order valence-electron chi connectivity index (χ0n) is 10.5. The van der Waals surface area contributed by atoms with Crippen LogP contribution in [0.5, 0.6) is 0 Å².